The second-order valence-electron chi connectivity index (χ2n) is 3.35. The average molecular weight is 218 g/mol. The average Bonchev–Trinajstić information content (AvgIpc) is 2.98. The lowest BCUT2D eigenvalue weighted by molar-refractivity contribution is -0.165. The lowest BCUT2D eigenvalue weighted by Gasteiger charge is -2.16. The van der Waals surface area contributed by atoms with Crippen molar-refractivity contribution in [2.24, 2.45) is 0 Å². The maximum Gasteiger partial charge on any atom is 0.426 e. The van der Waals surface area contributed by atoms with Crippen LogP contribution in [0.15, 0.2) is 24.3 Å². The lowest BCUT2D eigenvalue weighted by atomic mass is 10.0. The highest BCUT2D eigenvalue weighted by Crippen LogP contribution is 2.41. The van der Waals surface area contributed by atoms with E-state index in [2.05, 4.69) is 10.9 Å². The van der Waals surface area contributed by atoms with Crippen LogP contribution in [-0.4, -0.2) is 11.3 Å². The van der Waals surface area contributed by atoms with Gasteiger partial charge in [0.25, 0.3) is 0 Å². The molecule has 0 saturated carbocycles. The van der Waals surface area contributed by atoms with Gasteiger partial charge in [-0.3, -0.25) is 0 Å². The Bertz CT molecular complexity index is 357. The van der Waals surface area contributed by atoms with Crippen molar-refractivity contribution < 1.29 is 18.3 Å². The fourth-order valence-electron chi connectivity index (χ4n) is 1.37. The van der Waals surface area contributed by atoms with Crippen molar-refractivity contribution in [3.05, 3.63) is 35.4 Å². The first kappa shape index (κ1) is 10.4. The summed E-state index contributed by atoms with van der Waals surface area (Å²) in [4.78, 5) is 0. The van der Waals surface area contributed by atoms with Crippen molar-refractivity contribution in [3.63, 3.8) is 0 Å². The molecule has 1 aliphatic heterocycles. The Hall–Kier alpha value is -1.11. The SMILES string of the molecule is OCc1ccc(C2(C(F)(F)F)NN2)cc1. The molecule has 1 heterocycles. The van der Waals surface area contributed by atoms with Crippen LogP contribution in [0.25, 0.3) is 0 Å². The number of alkyl halides is 3. The van der Waals surface area contributed by atoms with Crippen molar-refractivity contribution in [3.8, 4) is 0 Å². The van der Waals surface area contributed by atoms with Gasteiger partial charge in [-0.05, 0) is 11.1 Å². The lowest BCUT2D eigenvalue weighted by Crippen LogP contribution is -2.34. The number of benzene rings is 1. The minimum Gasteiger partial charge on any atom is -0.392 e. The molecule has 0 amide bonds. The van der Waals surface area contributed by atoms with Gasteiger partial charge in [0, 0.05) is 0 Å². The van der Waals surface area contributed by atoms with Crippen LogP contribution in [0.1, 0.15) is 11.1 Å². The van der Waals surface area contributed by atoms with Crippen LogP contribution in [0.3, 0.4) is 0 Å². The molecule has 2 rings (SSSR count). The first-order chi connectivity index (χ1) is 6.99. The molecular formula is C9H9F3N2O. The summed E-state index contributed by atoms with van der Waals surface area (Å²) in [6.07, 6.45) is -4.38. The van der Waals surface area contributed by atoms with Gasteiger partial charge in [-0.15, -0.1) is 0 Å². The molecular weight excluding hydrogens is 209 g/mol. The van der Waals surface area contributed by atoms with E-state index in [9.17, 15) is 13.2 Å². The molecule has 6 heteroatoms. The Morgan fingerprint density at radius 2 is 1.67 bits per heavy atom. The summed E-state index contributed by atoms with van der Waals surface area (Å²) in [5.74, 6) is 0. The molecule has 0 aliphatic carbocycles. The molecule has 1 aromatic carbocycles. The Kier molecular flexibility index (Phi) is 2.22. The number of hydrazine groups is 1. The third kappa shape index (κ3) is 1.60. The molecule has 1 aliphatic rings. The summed E-state index contributed by atoms with van der Waals surface area (Å²) in [6.45, 7) is -0.180. The monoisotopic (exact) mass is 218 g/mol. The van der Waals surface area contributed by atoms with Crippen LogP contribution in [0.2, 0.25) is 0 Å². The van der Waals surface area contributed by atoms with Gasteiger partial charge >= 0.3 is 6.18 Å². The van der Waals surface area contributed by atoms with E-state index in [1.807, 2.05) is 0 Å². The zero-order valence-corrected chi connectivity index (χ0v) is 7.60. The summed E-state index contributed by atoms with van der Waals surface area (Å²) >= 11 is 0. The number of aliphatic hydroxyl groups excluding tert-OH is 1. The number of rotatable bonds is 2. The zero-order chi connectivity index (χ0) is 11.1. The predicted octanol–water partition coefficient (Wildman–Crippen LogP) is 1.00. The molecule has 0 radical (unpaired) electrons. The second kappa shape index (κ2) is 3.19. The number of aliphatic hydroxyl groups is 1. The molecule has 0 spiro atoms. The van der Waals surface area contributed by atoms with Gasteiger partial charge in [-0.25, -0.2) is 10.9 Å². The van der Waals surface area contributed by atoms with Crippen LogP contribution in [-0.2, 0) is 12.3 Å². The van der Waals surface area contributed by atoms with E-state index >= 15 is 0 Å². The highest BCUT2D eigenvalue weighted by molar-refractivity contribution is 5.32. The van der Waals surface area contributed by atoms with Gasteiger partial charge in [-0.1, -0.05) is 24.3 Å². The van der Waals surface area contributed by atoms with E-state index < -0.39 is 11.8 Å². The van der Waals surface area contributed by atoms with E-state index in [0.717, 1.165) is 0 Å². The van der Waals surface area contributed by atoms with Crippen LogP contribution in [0, 0.1) is 0 Å². The first-order valence-corrected chi connectivity index (χ1v) is 4.31. The predicted molar refractivity (Wildman–Crippen MR) is 46.4 cm³/mol. The van der Waals surface area contributed by atoms with Crippen molar-refractivity contribution >= 4 is 0 Å². The minimum atomic E-state index is -4.38. The van der Waals surface area contributed by atoms with Gasteiger partial charge in [0.05, 0.1) is 6.61 Å². The number of hydrogen-bond donors (Lipinski definition) is 3. The number of hydrogen-bond acceptors (Lipinski definition) is 3. The van der Waals surface area contributed by atoms with E-state index in [1.165, 1.54) is 24.3 Å². The Labute approximate surface area is 83.9 Å². The summed E-state index contributed by atoms with van der Waals surface area (Å²) in [5.41, 5.74) is 2.77. The fourth-order valence-corrected chi connectivity index (χ4v) is 1.37. The normalized spacial score (nSPS) is 18.9. The third-order valence-corrected chi connectivity index (χ3v) is 2.37. The van der Waals surface area contributed by atoms with E-state index in [4.69, 9.17) is 5.11 Å². The number of halogens is 3. The van der Waals surface area contributed by atoms with E-state index in [1.54, 1.807) is 0 Å². The standard InChI is InChI=1S/C9H9F3N2O/c10-9(11,12)8(13-14-8)7-3-1-6(5-15)2-4-7/h1-4,13-15H,5H2. The molecule has 3 nitrogen and oxygen atoms in total. The maximum atomic E-state index is 12.6. The van der Waals surface area contributed by atoms with Crippen LogP contribution < -0.4 is 10.9 Å². The van der Waals surface area contributed by atoms with Crippen molar-refractivity contribution in [1.29, 1.82) is 0 Å². The minimum absolute atomic E-state index is 0.0900. The Balaban J connectivity index is 2.30. The highest BCUT2D eigenvalue weighted by Gasteiger charge is 2.65. The van der Waals surface area contributed by atoms with Gasteiger partial charge in [-0.2, -0.15) is 13.2 Å². The third-order valence-electron chi connectivity index (χ3n) is 2.37. The molecule has 0 atom stereocenters. The largest absolute Gasteiger partial charge is 0.426 e. The Morgan fingerprint density at radius 3 is 2.00 bits per heavy atom. The Morgan fingerprint density at radius 1 is 1.13 bits per heavy atom. The molecule has 0 aromatic heterocycles. The van der Waals surface area contributed by atoms with Crippen LogP contribution in [0.5, 0.6) is 0 Å². The van der Waals surface area contributed by atoms with Crippen molar-refractivity contribution in [2.75, 3.05) is 0 Å². The molecule has 0 bridgehead atoms. The van der Waals surface area contributed by atoms with Crippen molar-refractivity contribution in [2.45, 2.75) is 18.4 Å². The molecule has 15 heavy (non-hydrogen) atoms. The van der Waals surface area contributed by atoms with Crippen LogP contribution in [0.4, 0.5) is 13.2 Å². The molecule has 0 unspecified atom stereocenters. The molecule has 1 fully saturated rings. The fraction of sp³-hybridized carbons (Fsp3) is 0.333. The van der Waals surface area contributed by atoms with Crippen LogP contribution >= 0.6 is 0 Å². The van der Waals surface area contributed by atoms with Gasteiger partial charge in [0.1, 0.15) is 0 Å². The zero-order valence-electron chi connectivity index (χ0n) is 7.60. The second-order valence-corrected chi connectivity index (χ2v) is 3.35. The van der Waals surface area contributed by atoms with Gasteiger partial charge in [0.15, 0.2) is 0 Å². The summed E-state index contributed by atoms with van der Waals surface area (Å²) in [5, 5.41) is 8.75. The van der Waals surface area contributed by atoms with E-state index in [-0.39, 0.29) is 12.2 Å². The molecule has 82 valence electrons. The molecule has 1 aromatic rings. The summed E-state index contributed by atoms with van der Waals surface area (Å²) in [6, 6.07) is 5.60. The van der Waals surface area contributed by atoms with Crippen molar-refractivity contribution in [1.82, 2.24) is 10.9 Å². The van der Waals surface area contributed by atoms with Gasteiger partial charge < -0.3 is 5.11 Å². The topological polar surface area (TPSA) is 64.1 Å². The highest BCUT2D eigenvalue weighted by atomic mass is 19.4. The smallest absolute Gasteiger partial charge is 0.392 e. The first-order valence-electron chi connectivity index (χ1n) is 4.31. The number of nitrogens with one attached hydrogen (secondary N) is 2. The molecule has 3 N–H and O–H groups in total. The maximum absolute atomic E-state index is 12.6. The summed E-state index contributed by atoms with van der Waals surface area (Å²) in [7, 11) is 0. The quantitative estimate of drug-likeness (QED) is 0.649. The van der Waals surface area contributed by atoms with Gasteiger partial charge in [0.2, 0.25) is 5.66 Å². The molecule has 1 saturated heterocycles. The van der Waals surface area contributed by atoms with E-state index in [0.29, 0.717) is 5.56 Å². The summed E-state index contributed by atoms with van der Waals surface area (Å²) < 4.78 is 37.8.